The number of rotatable bonds is 7. The fourth-order valence-electron chi connectivity index (χ4n) is 2.59. The molecule has 0 bridgehead atoms. The average molecular weight is 372 g/mol. The van der Waals surface area contributed by atoms with Crippen molar-refractivity contribution in [3.8, 4) is 10.6 Å². The van der Waals surface area contributed by atoms with Crippen LogP contribution in [0.5, 0.6) is 0 Å². The summed E-state index contributed by atoms with van der Waals surface area (Å²) in [4.78, 5) is 24.8. The van der Waals surface area contributed by atoms with Crippen molar-refractivity contribution >= 4 is 28.3 Å². The van der Waals surface area contributed by atoms with Crippen molar-refractivity contribution in [3.05, 3.63) is 29.8 Å². The molecule has 2 atom stereocenters. The first-order valence-electron chi connectivity index (χ1n) is 8.99. The molecule has 1 aliphatic rings. The number of aryl methyl sites for hydroxylation is 1. The third-order valence-electron chi connectivity index (χ3n) is 4.70. The summed E-state index contributed by atoms with van der Waals surface area (Å²) >= 11 is 1.33. The highest BCUT2D eigenvalue weighted by Gasteiger charge is 2.34. The molecule has 2 amide bonds. The van der Waals surface area contributed by atoms with E-state index in [4.69, 9.17) is 0 Å². The lowest BCUT2D eigenvalue weighted by molar-refractivity contribution is -0.128. The van der Waals surface area contributed by atoms with Gasteiger partial charge in [0, 0.05) is 11.5 Å². The summed E-state index contributed by atoms with van der Waals surface area (Å²) in [6.45, 7) is 6.00. The molecule has 2 aromatic rings. The van der Waals surface area contributed by atoms with Crippen LogP contribution in [0.15, 0.2) is 24.3 Å². The third kappa shape index (κ3) is 4.46. The van der Waals surface area contributed by atoms with Crippen molar-refractivity contribution in [2.24, 2.45) is 11.8 Å². The zero-order valence-electron chi connectivity index (χ0n) is 15.3. The molecule has 7 heteroatoms. The minimum atomic E-state index is -0.556. The second-order valence-electron chi connectivity index (χ2n) is 6.91. The minimum absolute atomic E-state index is 0.0249. The molecule has 2 unspecified atom stereocenters. The summed E-state index contributed by atoms with van der Waals surface area (Å²) in [5.41, 5.74) is 2.14. The van der Waals surface area contributed by atoms with Gasteiger partial charge in [-0.3, -0.25) is 14.9 Å². The second kappa shape index (κ2) is 7.95. The largest absolute Gasteiger partial charge is 0.344 e. The van der Waals surface area contributed by atoms with Crippen molar-refractivity contribution in [1.82, 2.24) is 15.5 Å². The van der Waals surface area contributed by atoms with Gasteiger partial charge in [0.25, 0.3) is 0 Å². The van der Waals surface area contributed by atoms with Crippen LogP contribution in [0.25, 0.3) is 10.6 Å². The maximum absolute atomic E-state index is 12.7. The summed E-state index contributed by atoms with van der Waals surface area (Å²) in [6, 6.07) is 7.45. The molecule has 1 aliphatic carbocycles. The van der Waals surface area contributed by atoms with Crippen LogP contribution in [0.4, 0.5) is 5.13 Å². The van der Waals surface area contributed by atoms with E-state index >= 15 is 0 Å². The smallest absolute Gasteiger partial charge is 0.249 e. The van der Waals surface area contributed by atoms with Crippen LogP contribution < -0.4 is 10.6 Å². The third-order valence-corrected chi connectivity index (χ3v) is 5.58. The van der Waals surface area contributed by atoms with Crippen LogP contribution in [0.3, 0.4) is 0 Å². The molecular weight excluding hydrogens is 348 g/mol. The lowest BCUT2D eigenvalue weighted by Crippen LogP contribution is -2.48. The quantitative estimate of drug-likeness (QED) is 0.780. The van der Waals surface area contributed by atoms with Crippen molar-refractivity contribution in [3.63, 3.8) is 0 Å². The number of hydrogen-bond donors (Lipinski definition) is 2. The number of nitrogens with one attached hydrogen (secondary N) is 2. The molecular formula is C19H24N4O2S. The van der Waals surface area contributed by atoms with Crippen LogP contribution in [0.1, 0.15) is 38.7 Å². The zero-order chi connectivity index (χ0) is 18.7. The molecule has 0 radical (unpaired) electrons. The Morgan fingerprint density at radius 1 is 1.23 bits per heavy atom. The van der Waals surface area contributed by atoms with Crippen molar-refractivity contribution in [2.75, 3.05) is 5.32 Å². The molecule has 138 valence electrons. The Morgan fingerprint density at radius 3 is 2.54 bits per heavy atom. The molecule has 1 fully saturated rings. The number of amides is 2. The van der Waals surface area contributed by atoms with E-state index < -0.39 is 6.04 Å². The van der Waals surface area contributed by atoms with Gasteiger partial charge in [-0.15, -0.1) is 10.2 Å². The lowest BCUT2D eigenvalue weighted by atomic mass is 9.98. The van der Waals surface area contributed by atoms with Gasteiger partial charge in [0.15, 0.2) is 0 Å². The van der Waals surface area contributed by atoms with Gasteiger partial charge >= 0.3 is 0 Å². The van der Waals surface area contributed by atoms with Crippen LogP contribution >= 0.6 is 11.3 Å². The Bertz CT molecular complexity index is 783. The molecule has 1 aromatic carbocycles. The van der Waals surface area contributed by atoms with Gasteiger partial charge in [0.2, 0.25) is 16.9 Å². The van der Waals surface area contributed by atoms with Crippen LogP contribution in [0.2, 0.25) is 0 Å². The molecule has 0 spiro atoms. The fourth-order valence-corrected chi connectivity index (χ4v) is 3.34. The predicted octanol–water partition coefficient (Wildman–Crippen LogP) is 3.39. The molecule has 1 aromatic heterocycles. The molecule has 6 nitrogen and oxygen atoms in total. The summed E-state index contributed by atoms with van der Waals surface area (Å²) in [5, 5.41) is 15.1. The first-order chi connectivity index (χ1) is 12.5. The van der Waals surface area contributed by atoms with Gasteiger partial charge < -0.3 is 5.32 Å². The van der Waals surface area contributed by atoms with Crippen LogP contribution in [-0.2, 0) is 9.59 Å². The molecule has 2 N–H and O–H groups in total. The van der Waals surface area contributed by atoms with E-state index in [0.29, 0.717) is 5.13 Å². The number of aromatic nitrogens is 2. The van der Waals surface area contributed by atoms with Crippen molar-refractivity contribution in [1.29, 1.82) is 0 Å². The molecule has 0 saturated heterocycles. The Balaban J connectivity index is 1.68. The number of carbonyl (C=O) groups is 2. The van der Waals surface area contributed by atoms with Gasteiger partial charge in [-0.2, -0.15) is 0 Å². The number of hydrogen-bond acceptors (Lipinski definition) is 5. The van der Waals surface area contributed by atoms with Crippen molar-refractivity contribution in [2.45, 2.75) is 46.1 Å². The van der Waals surface area contributed by atoms with E-state index in [1.165, 1.54) is 16.9 Å². The molecule has 0 aliphatic heterocycles. The monoisotopic (exact) mass is 372 g/mol. The topological polar surface area (TPSA) is 84.0 Å². The maximum Gasteiger partial charge on any atom is 0.249 e. The number of benzene rings is 1. The normalized spacial score (nSPS) is 16.0. The second-order valence-corrected chi connectivity index (χ2v) is 7.89. The van der Waals surface area contributed by atoms with Gasteiger partial charge in [0.05, 0.1) is 0 Å². The first-order valence-corrected chi connectivity index (χ1v) is 9.81. The molecule has 26 heavy (non-hydrogen) atoms. The summed E-state index contributed by atoms with van der Waals surface area (Å²) < 4.78 is 0. The molecule has 1 saturated carbocycles. The summed E-state index contributed by atoms with van der Waals surface area (Å²) in [5.74, 6) is -0.144. The standard InChI is InChI=1S/C19H24N4O2S/c1-4-12(3)15(20-16(24)13-9-10-13)17(25)21-19-23-22-18(26-19)14-7-5-11(2)6-8-14/h5-8,12-13,15H,4,9-10H2,1-3H3,(H,20,24)(H,21,23,25). The van der Waals surface area contributed by atoms with E-state index in [1.54, 1.807) is 0 Å². The average Bonchev–Trinajstić information content (AvgIpc) is 3.39. The highest BCUT2D eigenvalue weighted by molar-refractivity contribution is 7.18. The van der Waals surface area contributed by atoms with E-state index in [9.17, 15) is 9.59 Å². The van der Waals surface area contributed by atoms with Gasteiger partial charge in [-0.05, 0) is 25.7 Å². The number of nitrogens with zero attached hydrogens (tertiary/aromatic N) is 2. The predicted molar refractivity (Wildman–Crippen MR) is 103 cm³/mol. The maximum atomic E-state index is 12.7. The molecule has 1 heterocycles. The summed E-state index contributed by atoms with van der Waals surface area (Å²) in [7, 11) is 0. The lowest BCUT2D eigenvalue weighted by Gasteiger charge is -2.22. The first kappa shape index (κ1) is 18.5. The van der Waals surface area contributed by atoms with Crippen molar-refractivity contribution < 1.29 is 9.59 Å². The van der Waals surface area contributed by atoms with E-state index in [2.05, 4.69) is 20.8 Å². The number of anilines is 1. The van der Waals surface area contributed by atoms with Crippen LogP contribution in [-0.4, -0.2) is 28.1 Å². The van der Waals surface area contributed by atoms with E-state index in [-0.39, 0.29) is 23.7 Å². The summed E-state index contributed by atoms with van der Waals surface area (Å²) in [6.07, 6.45) is 2.63. The Hall–Kier alpha value is -2.28. The Kier molecular flexibility index (Phi) is 5.66. The number of carbonyl (C=O) groups excluding carboxylic acids is 2. The highest BCUT2D eigenvalue weighted by Crippen LogP contribution is 2.30. The SMILES string of the molecule is CCC(C)C(NC(=O)C1CC1)C(=O)Nc1nnc(-c2ccc(C)cc2)s1. The van der Waals surface area contributed by atoms with E-state index in [1.807, 2.05) is 45.0 Å². The minimum Gasteiger partial charge on any atom is -0.344 e. The highest BCUT2D eigenvalue weighted by atomic mass is 32.1. The Labute approximate surface area is 157 Å². The Morgan fingerprint density at radius 2 is 1.92 bits per heavy atom. The molecule has 3 rings (SSSR count). The zero-order valence-corrected chi connectivity index (χ0v) is 16.1. The van der Waals surface area contributed by atoms with Crippen LogP contribution in [0, 0.1) is 18.8 Å². The van der Waals surface area contributed by atoms with Gasteiger partial charge in [0.1, 0.15) is 11.0 Å². The fraction of sp³-hybridized carbons (Fsp3) is 0.474. The van der Waals surface area contributed by atoms with E-state index in [0.717, 1.165) is 29.8 Å². The van der Waals surface area contributed by atoms with Gasteiger partial charge in [-0.25, -0.2) is 0 Å². The van der Waals surface area contributed by atoms with Gasteiger partial charge in [-0.1, -0.05) is 61.4 Å².